The highest BCUT2D eigenvalue weighted by Crippen LogP contribution is 2.43. The summed E-state index contributed by atoms with van der Waals surface area (Å²) in [5.74, 6) is -0.896. The molecule has 0 aromatic carbocycles. The third-order valence-electron chi connectivity index (χ3n) is 7.14. The van der Waals surface area contributed by atoms with Gasteiger partial charge in [0.25, 0.3) is 0 Å². The fraction of sp³-hybridized carbons (Fsp3) is 0.684. The van der Waals surface area contributed by atoms with Crippen molar-refractivity contribution < 1.29 is 37.6 Å². The smallest absolute Gasteiger partial charge is 0.462 e. The van der Waals surface area contributed by atoms with Crippen molar-refractivity contribution >= 4 is 19.8 Å². The first kappa shape index (κ1) is 45.7. The van der Waals surface area contributed by atoms with Gasteiger partial charge in [-0.05, 0) is 77.0 Å². The molecule has 0 radical (unpaired) electrons. The van der Waals surface area contributed by atoms with Gasteiger partial charge < -0.3 is 20.1 Å². The van der Waals surface area contributed by atoms with Gasteiger partial charge in [-0.15, -0.1) is 0 Å². The van der Waals surface area contributed by atoms with Crippen LogP contribution in [0.3, 0.4) is 0 Å². The number of hydrogen-bond acceptors (Lipinski definition) is 8. The van der Waals surface area contributed by atoms with Crippen LogP contribution in [0.1, 0.15) is 136 Å². The first-order valence-electron chi connectivity index (χ1n) is 18.3. The van der Waals surface area contributed by atoms with E-state index < -0.39 is 32.5 Å². The number of nitrogens with two attached hydrogens (primary N) is 1. The number of unbranched alkanes of at least 4 members (excludes halogenated alkanes) is 10. The van der Waals surface area contributed by atoms with Crippen molar-refractivity contribution in [1.29, 1.82) is 0 Å². The molecule has 48 heavy (non-hydrogen) atoms. The minimum Gasteiger partial charge on any atom is -0.462 e. The van der Waals surface area contributed by atoms with Crippen molar-refractivity contribution in [3.05, 3.63) is 60.8 Å². The second kappa shape index (κ2) is 34.6. The Labute approximate surface area is 291 Å². The van der Waals surface area contributed by atoms with E-state index in [4.69, 9.17) is 24.3 Å². The van der Waals surface area contributed by atoms with Gasteiger partial charge in [0.05, 0.1) is 13.2 Å². The summed E-state index contributed by atoms with van der Waals surface area (Å²) in [6.45, 7) is 3.50. The van der Waals surface area contributed by atoms with Crippen LogP contribution < -0.4 is 5.73 Å². The number of esters is 2. The van der Waals surface area contributed by atoms with Crippen molar-refractivity contribution in [2.75, 3.05) is 26.4 Å². The molecule has 0 aliphatic heterocycles. The lowest BCUT2D eigenvalue weighted by Gasteiger charge is -2.19. The van der Waals surface area contributed by atoms with Crippen LogP contribution in [0.5, 0.6) is 0 Å². The SMILES string of the molecule is CC/C=C/C/C=C/C/C=C/C/C=C/CCCCC(=O)O[C@H](COC(=O)CCCCCCC/C=C/CCCCC)COP(=O)(O)OCCN. The molecule has 0 spiro atoms. The third kappa shape index (κ3) is 33.6. The van der Waals surface area contributed by atoms with Crippen LogP contribution in [0.2, 0.25) is 0 Å². The molecule has 0 fully saturated rings. The average Bonchev–Trinajstić information content (AvgIpc) is 3.07. The van der Waals surface area contributed by atoms with E-state index in [1.54, 1.807) is 0 Å². The first-order valence-corrected chi connectivity index (χ1v) is 19.8. The second-order valence-corrected chi connectivity index (χ2v) is 13.2. The number of phosphoric ester groups is 1. The lowest BCUT2D eigenvalue weighted by Crippen LogP contribution is -2.29. The van der Waals surface area contributed by atoms with Gasteiger partial charge >= 0.3 is 19.8 Å². The molecule has 0 aliphatic rings. The summed E-state index contributed by atoms with van der Waals surface area (Å²) in [4.78, 5) is 34.6. The van der Waals surface area contributed by atoms with Crippen LogP contribution in [-0.4, -0.2) is 49.3 Å². The van der Waals surface area contributed by atoms with E-state index in [-0.39, 0.29) is 32.6 Å². The molecule has 10 heteroatoms. The molecule has 0 aromatic heterocycles. The van der Waals surface area contributed by atoms with Gasteiger partial charge in [-0.1, -0.05) is 107 Å². The molecule has 0 aromatic rings. The zero-order valence-corrected chi connectivity index (χ0v) is 30.8. The standard InChI is InChI=1S/C38H66NO8P/c1-3-5-7-9-11-13-15-17-18-19-21-23-25-27-29-31-38(41)47-36(35-46-48(42,43)45-33-32-39)34-44-37(40)30-28-26-24-22-20-16-14-12-10-8-6-4-2/h5,7,11-14,17-18,21,23,36H,3-4,6,8-10,15-16,19-20,22,24-35,39H2,1-2H3,(H,42,43)/b7-5+,13-11+,14-12+,18-17+,23-21+/t36-/m1/s1. The van der Waals surface area contributed by atoms with E-state index in [2.05, 4.69) is 74.6 Å². The average molecular weight is 696 g/mol. The Balaban J connectivity index is 4.36. The summed E-state index contributed by atoms with van der Waals surface area (Å²) in [6, 6.07) is 0. The highest BCUT2D eigenvalue weighted by molar-refractivity contribution is 7.47. The van der Waals surface area contributed by atoms with Crippen molar-refractivity contribution in [3.63, 3.8) is 0 Å². The Bertz CT molecular complexity index is 976. The molecule has 276 valence electrons. The Kier molecular flexibility index (Phi) is 32.9. The number of phosphoric acid groups is 1. The summed E-state index contributed by atoms with van der Waals surface area (Å²) < 4.78 is 32.5. The summed E-state index contributed by atoms with van der Waals surface area (Å²) in [6.07, 6.45) is 38.3. The number of ether oxygens (including phenoxy) is 2. The molecule has 0 rings (SSSR count). The maximum atomic E-state index is 12.5. The van der Waals surface area contributed by atoms with Crippen LogP contribution in [0.25, 0.3) is 0 Å². The molecule has 0 amide bonds. The normalized spacial score (nSPS) is 14.2. The lowest BCUT2D eigenvalue weighted by molar-refractivity contribution is -0.161. The first-order chi connectivity index (χ1) is 23.3. The number of hydrogen-bond donors (Lipinski definition) is 2. The van der Waals surface area contributed by atoms with Gasteiger partial charge in [-0.3, -0.25) is 18.6 Å². The monoisotopic (exact) mass is 695 g/mol. The summed E-state index contributed by atoms with van der Waals surface area (Å²) in [5.41, 5.74) is 5.32. The highest BCUT2D eigenvalue weighted by atomic mass is 31.2. The van der Waals surface area contributed by atoms with Gasteiger partial charge in [0.15, 0.2) is 6.10 Å². The number of allylic oxidation sites excluding steroid dienone is 10. The largest absolute Gasteiger partial charge is 0.472 e. The van der Waals surface area contributed by atoms with Crippen molar-refractivity contribution in [2.45, 2.75) is 142 Å². The number of carbonyl (C=O) groups excluding carboxylic acids is 2. The molecule has 2 atom stereocenters. The van der Waals surface area contributed by atoms with Crippen molar-refractivity contribution in [2.24, 2.45) is 5.73 Å². The van der Waals surface area contributed by atoms with Crippen LogP contribution in [0.4, 0.5) is 0 Å². The number of carbonyl (C=O) groups is 2. The number of rotatable bonds is 33. The predicted molar refractivity (Wildman–Crippen MR) is 196 cm³/mol. The van der Waals surface area contributed by atoms with E-state index in [1.165, 1.54) is 19.3 Å². The van der Waals surface area contributed by atoms with E-state index >= 15 is 0 Å². The zero-order valence-electron chi connectivity index (χ0n) is 29.9. The minimum atomic E-state index is -4.38. The van der Waals surface area contributed by atoms with Gasteiger partial charge in [-0.2, -0.15) is 0 Å². The summed E-state index contributed by atoms with van der Waals surface area (Å²) in [7, 11) is -4.38. The third-order valence-corrected chi connectivity index (χ3v) is 8.12. The topological polar surface area (TPSA) is 134 Å². The molecule has 0 saturated carbocycles. The quantitative estimate of drug-likeness (QED) is 0.0298. The minimum absolute atomic E-state index is 0.0427. The van der Waals surface area contributed by atoms with Crippen LogP contribution >= 0.6 is 7.82 Å². The Morgan fingerprint density at radius 1 is 0.646 bits per heavy atom. The molecule has 0 aliphatic carbocycles. The molecule has 0 heterocycles. The molecule has 3 N–H and O–H groups in total. The summed E-state index contributed by atoms with van der Waals surface area (Å²) in [5, 5.41) is 0. The van der Waals surface area contributed by atoms with Crippen molar-refractivity contribution in [3.8, 4) is 0 Å². The Morgan fingerprint density at radius 3 is 1.77 bits per heavy atom. The summed E-state index contributed by atoms with van der Waals surface area (Å²) >= 11 is 0. The van der Waals surface area contributed by atoms with Crippen molar-refractivity contribution in [1.82, 2.24) is 0 Å². The van der Waals surface area contributed by atoms with E-state index in [0.717, 1.165) is 77.0 Å². The van der Waals surface area contributed by atoms with Crippen LogP contribution in [-0.2, 0) is 32.7 Å². The fourth-order valence-corrected chi connectivity index (χ4v) is 5.21. The van der Waals surface area contributed by atoms with Gasteiger partial charge in [0, 0.05) is 19.4 Å². The lowest BCUT2D eigenvalue weighted by atomic mass is 10.1. The van der Waals surface area contributed by atoms with E-state index in [0.29, 0.717) is 12.8 Å². The molecule has 1 unspecified atom stereocenters. The maximum absolute atomic E-state index is 12.5. The fourth-order valence-electron chi connectivity index (χ4n) is 4.44. The molecule has 0 saturated heterocycles. The molecular weight excluding hydrogens is 629 g/mol. The predicted octanol–water partition coefficient (Wildman–Crippen LogP) is 9.77. The van der Waals surface area contributed by atoms with E-state index in [1.807, 2.05) is 0 Å². The molecule has 9 nitrogen and oxygen atoms in total. The van der Waals surface area contributed by atoms with Crippen LogP contribution in [0, 0.1) is 0 Å². The highest BCUT2D eigenvalue weighted by Gasteiger charge is 2.25. The Hall–Kier alpha value is -2.29. The molecular formula is C38H66NO8P. The van der Waals surface area contributed by atoms with Crippen LogP contribution in [0.15, 0.2) is 60.8 Å². The van der Waals surface area contributed by atoms with E-state index in [9.17, 15) is 19.0 Å². The van der Waals surface area contributed by atoms with Gasteiger partial charge in [0.1, 0.15) is 6.61 Å². The molecule has 0 bridgehead atoms. The second-order valence-electron chi connectivity index (χ2n) is 11.7. The zero-order chi connectivity index (χ0) is 35.4. The maximum Gasteiger partial charge on any atom is 0.472 e. The van der Waals surface area contributed by atoms with Gasteiger partial charge in [0.2, 0.25) is 0 Å². The Morgan fingerprint density at radius 2 is 1.15 bits per heavy atom. The van der Waals surface area contributed by atoms with Gasteiger partial charge in [-0.25, -0.2) is 4.57 Å².